The number of methoxy groups -OCH3 is 1. The summed E-state index contributed by atoms with van der Waals surface area (Å²) < 4.78 is 24.2. The fourth-order valence-corrected chi connectivity index (χ4v) is 2.36. The molecule has 2 aromatic carbocycles. The number of hydrazone groups is 1. The Kier molecular flexibility index (Phi) is 6.26. The molecule has 1 amide bonds. The third kappa shape index (κ3) is 5.01. The van der Waals surface area contributed by atoms with E-state index in [0.29, 0.717) is 16.9 Å². The van der Waals surface area contributed by atoms with Crippen LogP contribution in [0.2, 0.25) is 0 Å². The number of benzene rings is 2. The van der Waals surface area contributed by atoms with Gasteiger partial charge in [-0.2, -0.15) is 5.10 Å². The Labute approximate surface area is 165 Å². The van der Waals surface area contributed by atoms with Crippen molar-refractivity contribution in [3.63, 3.8) is 0 Å². The number of halogens is 1. The molecule has 0 aliphatic heterocycles. The van der Waals surface area contributed by atoms with Crippen LogP contribution >= 0.6 is 0 Å². The molecule has 146 valence electrons. The number of aromatic nitrogens is 1. The van der Waals surface area contributed by atoms with Crippen molar-refractivity contribution < 1.29 is 23.5 Å². The molecular formula is C21H16FN3O4. The summed E-state index contributed by atoms with van der Waals surface area (Å²) in [6.07, 6.45) is 4.30. The van der Waals surface area contributed by atoms with E-state index in [2.05, 4.69) is 15.5 Å². The summed E-state index contributed by atoms with van der Waals surface area (Å²) in [4.78, 5) is 28.0. The monoisotopic (exact) mass is 393 g/mol. The lowest BCUT2D eigenvalue weighted by atomic mass is 10.2. The van der Waals surface area contributed by atoms with E-state index >= 15 is 0 Å². The Hall–Kier alpha value is -4.07. The number of nitrogens with one attached hydrogen (secondary N) is 1. The second-order valence-electron chi connectivity index (χ2n) is 5.72. The zero-order valence-electron chi connectivity index (χ0n) is 15.3. The molecule has 0 aliphatic rings. The topological polar surface area (TPSA) is 89.9 Å². The van der Waals surface area contributed by atoms with Gasteiger partial charge in [0.15, 0.2) is 11.5 Å². The molecule has 0 bridgehead atoms. The van der Waals surface area contributed by atoms with Crippen molar-refractivity contribution >= 4 is 18.1 Å². The zero-order chi connectivity index (χ0) is 20.6. The van der Waals surface area contributed by atoms with Crippen molar-refractivity contribution in [2.45, 2.75) is 0 Å². The van der Waals surface area contributed by atoms with E-state index in [1.807, 2.05) is 0 Å². The highest BCUT2D eigenvalue weighted by molar-refractivity contribution is 5.95. The molecule has 0 fully saturated rings. The molecule has 1 N–H and O–H groups in total. The van der Waals surface area contributed by atoms with Gasteiger partial charge in [-0.15, -0.1) is 0 Å². The van der Waals surface area contributed by atoms with Crippen LogP contribution in [0.1, 0.15) is 26.3 Å². The van der Waals surface area contributed by atoms with Gasteiger partial charge < -0.3 is 9.47 Å². The van der Waals surface area contributed by atoms with Crippen LogP contribution in [0.4, 0.5) is 4.39 Å². The number of hydrogen-bond acceptors (Lipinski definition) is 6. The van der Waals surface area contributed by atoms with E-state index in [-0.39, 0.29) is 11.3 Å². The summed E-state index contributed by atoms with van der Waals surface area (Å²) in [5.74, 6) is -1.37. The SMILES string of the molecule is COc1cc(/C=N/NC(=O)c2ccccc2F)ccc1OC(=O)c1cccnc1. The molecule has 1 heterocycles. The molecule has 0 aliphatic carbocycles. The Morgan fingerprint density at radius 2 is 1.93 bits per heavy atom. The van der Waals surface area contributed by atoms with Crippen molar-refractivity contribution in [3.05, 3.63) is 89.5 Å². The van der Waals surface area contributed by atoms with Crippen LogP contribution in [0.5, 0.6) is 11.5 Å². The van der Waals surface area contributed by atoms with Gasteiger partial charge in [-0.1, -0.05) is 12.1 Å². The van der Waals surface area contributed by atoms with E-state index in [4.69, 9.17) is 9.47 Å². The van der Waals surface area contributed by atoms with Crippen molar-refractivity contribution in [2.24, 2.45) is 5.10 Å². The number of nitrogens with zero attached hydrogens (tertiary/aromatic N) is 2. The molecule has 0 saturated heterocycles. The summed E-state index contributed by atoms with van der Waals surface area (Å²) in [6.45, 7) is 0. The second kappa shape index (κ2) is 9.23. The number of rotatable bonds is 6. The van der Waals surface area contributed by atoms with Gasteiger partial charge in [0, 0.05) is 12.4 Å². The predicted octanol–water partition coefficient (Wildman–Crippen LogP) is 3.21. The van der Waals surface area contributed by atoms with Gasteiger partial charge in [-0.3, -0.25) is 9.78 Å². The first-order chi connectivity index (χ1) is 14.1. The lowest BCUT2D eigenvalue weighted by molar-refractivity contribution is 0.0729. The van der Waals surface area contributed by atoms with Crippen molar-refractivity contribution in [1.82, 2.24) is 10.4 Å². The average Bonchev–Trinajstić information content (AvgIpc) is 2.75. The van der Waals surface area contributed by atoms with Crippen LogP contribution in [0.25, 0.3) is 0 Å². The second-order valence-corrected chi connectivity index (χ2v) is 5.72. The summed E-state index contributed by atoms with van der Waals surface area (Å²) in [7, 11) is 1.43. The third-order valence-electron chi connectivity index (χ3n) is 3.79. The van der Waals surface area contributed by atoms with E-state index in [0.717, 1.165) is 0 Å². The number of hydrogen-bond donors (Lipinski definition) is 1. The molecule has 0 spiro atoms. The van der Waals surface area contributed by atoms with Crippen molar-refractivity contribution in [3.8, 4) is 11.5 Å². The molecule has 7 nitrogen and oxygen atoms in total. The average molecular weight is 393 g/mol. The molecular weight excluding hydrogens is 377 g/mol. The molecule has 3 rings (SSSR count). The van der Waals surface area contributed by atoms with E-state index in [1.54, 1.807) is 36.5 Å². The molecule has 8 heteroatoms. The number of esters is 1. The first kappa shape index (κ1) is 19.7. The number of amides is 1. The minimum Gasteiger partial charge on any atom is -0.493 e. The Bertz CT molecular complexity index is 1050. The van der Waals surface area contributed by atoms with E-state index < -0.39 is 17.7 Å². The molecule has 0 atom stereocenters. The van der Waals surface area contributed by atoms with Crippen LogP contribution < -0.4 is 14.9 Å². The lowest BCUT2D eigenvalue weighted by Crippen LogP contribution is -2.18. The van der Waals surface area contributed by atoms with E-state index in [1.165, 1.54) is 43.8 Å². The first-order valence-corrected chi connectivity index (χ1v) is 8.46. The zero-order valence-corrected chi connectivity index (χ0v) is 15.3. The van der Waals surface area contributed by atoms with Crippen LogP contribution in [0.3, 0.4) is 0 Å². The molecule has 0 saturated carbocycles. The normalized spacial score (nSPS) is 10.6. The smallest absolute Gasteiger partial charge is 0.345 e. The van der Waals surface area contributed by atoms with Gasteiger partial charge in [-0.25, -0.2) is 14.6 Å². The number of carbonyl (C=O) groups is 2. The highest BCUT2D eigenvalue weighted by Gasteiger charge is 2.13. The summed E-state index contributed by atoms with van der Waals surface area (Å²) in [5.41, 5.74) is 3.01. The third-order valence-corrected chi connectivity index (χ3v) is 3.79. The molecule has 29 heavy (non-hydrogen) atoms. The van der Waals surface area contributed by atoms with Crippen LogP contribution in [0, 0.1) is 5.82 Å². The lowest BCUT2D eigenvalue weighted by Gasteiger charge is -2.09. The number of carbonyl (C=O) groups excluding carboxylic acids is 2. The molecule has 3 aromatic rings. The van der Waals surface area contributed by atoms with E-state index in [9.17, 15) is 14.0 Å². The quantitative estimate of drug-likeness (QED) is 0.301. The van der Waals surface area contributed by atoms with Gasteiger partial charge >= 0.3 is 5.97 Å². The summed E-state index contributed by atoms with van der Waals surface area (Å²) in [6, 6.07) is 13.5. The fourth-order valence-electron chi connectivity index (χ4n) is 2.36. The van der Waals surface area contributed by atoms with Crippen LogP contribution in [-0.2, 0) is 0 Å². The van der Waals surface area contributed by atoms with Crippen molar-refractivity contribution in [2.75, 3.05) is 7.11 Å². The maximum Gasteiger partial charge on any atom is 0.345 e. The number of ether oxygens (including phenoxy) is 2. The van der Waals surface area contributed by atoms with Gasteiger partial charge in [0.2, 0.25) is 0 Å². The molecule has 0 unspecified atom stereocenters. The van der Waals surface area contributed by atoms with Crippen LogP contribution in [-0.4, -0.2) is 30.2 Å². The van der Waals surface area contributed by atoms with Gasteiger partial charge in [0.25, 0.3) is 5.91 Å². The predicted molar refractivity (Wildman–Crippen MR) is 104 cm³/mol. The van der Waals surface area contributed by atoms with Gasteiger partial charge in [-0.05, 0) is 48.0 Å². The summed E-state index contributed by atoms with van der Waals surface area (Å²) in [5, 5.41) is 3.81. The highest BCUT2D eigenvalue weighted by Crippen LogP contribution is 2.28. The maximum atomic E-state index is 13.6. The fraction of sp³-hybridized carbons (Fsp3) is 0.0476. The van der Waals surface area contributed by atoms with Gasteiger partial charge in [0.1, 0.15) is 5.82 Å². The molecule has 1 aromatic heterocycles. The first-order valence-electron chi connectivity index (χ1n) is 8.46. The maximum absolute atomic E-state index is 13.6. The Morgan fingerprint density at radius 1 is 1.10 bits per heavy atom. The Morgan fingerprint density at radius 3 is 2.66 bits per heavy atom. The highest BCUT2D eigenvalue weighted by atomic mass is 19.1. The standard InChI is InChI=1S/C21H16FN3O4/c1-28-19-11-14(12-24-25-20(26)16-6-2-3-7-17(16)22)8-9-18(19)29-21(27)15-5-4-10-23-13-15/h2-13H,1H3,(H,25,26)/b24-12+. The minimum absolute atomic E-state index is 0.111. The van der Waals surface area contributed by atoms with Crippen LogP contribution in [0.15, 0.2) is 72.1 Å². The minimum atomic E-state index is -0.673. The number of pyridine rings is 1. The molecule has 0 radical (unpaired) electrons. The summed E-state index contributed by atoms with van der Waals surface area (Å²) >= 11 is 0. The van der Waals surface area contributed by atoms with Gasteiger partial charge in [0.05, 0.1) is 24.5 Å². The Balaban J connectivity index is 1.68. The largest absolute Gasteiger partial charge is 0.493 e. The van der Waals surface area contributed by atoms with Crippen molar-refractivity contribution in [1.29, 1.82) is 0 Å².